The van der Waals surface area contributed by atoms with E-state index in [1.165, 1.54) is 0 Å². The van der Waals surface area contributed by atoms with E-state index in [4.69, 9.17) is 23.5 Å². The highest BCUT2D eigenvalue weighted by molar-refractivity contribution is 6.05. The molecule has 29 heavy (non-hydrogen) atoms. The lowest BCUT2D eigenvalue weighted by molar-refractivity contribution is -0.191. The van der Waals surface area contributed by atoms with Crippen molar-refractivity contribution < 1.29 is 23.5 Å². The van der Waals surface area contributed by atoms with Gasteiger partial charge in [0, 0.05) is 10.8 Å². The normalized spacial score (nSPS) is 10.9. The van der Waals surface area contributed by atoms with E-state index in [2.05, 4.69) is 18.2 Å². The average Bonchev–Trinajstić information content (AvgIpc) is 3.11. The van der Waals surface area contributed by atoms with Crippen molar-refractivity contribution in [2.75, 3.05) is 7.11 Å². The molecule has 4 aromatic rings. The number of ether oxygens (including phenoxy) is 2. The summed E-state index contributed by atoms with van der Waals surface area (Å²) in [7, 11) is 1.66. The van der Waals surface area contributed by atoms with Crippen LogP contribution >= 0.6 is 0 Å². The highest BCUT2D eigenvalue weighted by Crippen LogP contribution is 2.31. The lowest BCUT2D eigenvalue weighted by Crippen LogP contribution is -1.99. The molecule has 146 valence electrons. The minimum absolute atomic E-state index is 0.250. The maximum absolute atomic E-state index is 8.12. The van der Waals surface area contributed by atoms with Crippen molar-refractivity contribution in [2.24, 2.45) is 0 Å². The van der Waals surface area contributed by atoms with E-state index in [-0.39, 0.29) is 6.15 Å². The molecule has 5 nitrogen and oxygen atoms in total. The minimum atomic E-state index is 0.250. The zero-order chi connectivity index (χ0) is 20.6. The zero-order valence-corrected chi connectivity index (χ0v) is 16.2. The molecule has 0 bridgehead atoms. The van der Waals surface area contributed by atoms with Crippen LogP contribution < -0.4 is 4.74 Å². The van der Waals surface area contributed by atoms with Crippen molar-refractivity contribution in [3.05, 3.63) is 84.1 Å². The molecule has 4 rings (SSSR count). The minimum Gasteiger partial charge on any atom is -0.504 e. The lowest BCUT2D eigenvalue weighted by Gasteiger charge is -2.11. The van der Waals surface area contributed by atoms with Crippen molar-refractivity contribution in [1.29, 1.82) is 0 Å². The van der Waals surface area contributed by atoms with Gasteiger partial charge < -0.3 is 13.9 Å². The van der Waals surface area contributed by atoms with E-state index in [9.17, 15) is 0 Å². The van der Waals surface area contributed by atoms with E-state index >= 15 is 0 Å². The van der Waals surface area contributed by atoms with E-state index in [0.717, 1.165) is 44.4 Å². The van der Waals surface area contributed by atoms with Gasteiger partial charge in [-0.05, 0) is 47.9 Å². The summed E-state index contributed by atoms with van der Waals surface area (Å²) in [6, 6.07) is 22.2. The number of rotatable bonds is 5. The fourth-order valence-corrected chi connectivity index (χ4v) is 3.23. The first kappa shape index (κ1) is 19.9. The summed E-state index contributed by atoms with van der Waals surface area (Å²) in [6.07, 6.45) is 2.00. The third-order valence-corrected chi connectivity index (χ3v) is 4.48. The molecular weight excluding hydrogens is 368 g/mol. The molecule has 0 aliphatic carbocycles. The number of para-hydroxylation sites is 1. The standard InChI is InChI=1S/C23H20O3.CO2/c1-16(14-24-2)19-8-4-3-7-17(19)15-25-18-11-12-23-21(13-18)20-9-5-6-10-22(20)26-23;2-1-3/h3-14H,15H2,1-2H3;/b16-14-;. The van der Waals surface area contributed by atoms with Crippen LogP contribution in [-0.2, 0) is 20.9 Å². The Labute approximate surface area is 168 Å². The summed E-state index contributed by atoms with van der Waals surface area (Å²) >= 11 is 0. The van der Waals surface area contributed by atoms with Crippen LogP contribution in [0.15, 0.2) is 77.4 Å². The molecule has 0 spiro atoms. The van der Waals surface area contributed by atoms with Gasteiger partial charge in [0.1, 0.15) is 23.5 Å². The maximum atomic E-state index is 8.12. The van der Waals surface area contributed by atoms with Crippen molar-refractivity contribution in [1.82, 2.24) is 0 Å². The molecule has 0 aliphatic rings. The molecule has 0 saturated carbocycles. The van der Waals surface area contributed by atoms with Crippen LogP contribution in [0.25, 0.3) is 27.5 Å². The fourth-order valence-electron chi connectivity index (χ4n) is 3.23. The van der Waals surface area contributed by atoms with Crippen LogP contribution in [0.1, 0.15) is 18.1 Å². The molecule has 3 aromatic carbocycles. The van der Waals surface area contributed by atoms with Gasteiger partial charge in [-0.3, -0.25) is 0 Å². The Kier molecular flexibility index (Phi) is 6.46. The summed E-state index contributed by atoms with van der Waals surface area (Å²) in [5, 5.41) is 2.18. The maximum Gasteiger partial charge on any atom is 0.373 e. The Bertz CT molecular complexity index is 1180. The van der Waals surface area contributed by atoms with E-state index in [0.29, 0.717) is 6.61 Å². The molecule has 0 N–H and O–H groups in total. The Morgan fingerprint density at radius 3 is 2.45 bits per heavy atom. The third-order valence-electron chi connectivity index (χ3n) is 4.48. The second kappa shape index (κ2) is 9.40. The highest BCUT2D eigenvalue weighted by Gasteiger charge is 2.09. The van der Waals surface area contributed by atoms with Gasteiger partial charge in [-0.15, -0.1) is 0 Å². The molecule has 1 heterocycles. The molecule has 0 amide bonds. The first-order valence-corrected chi connectivity index (χ1v) is 8.99. The zero-order valence-electron chi connectivity index (χ0n) is 16.2. The molecule has 0 saturated heterocycles. The molecule has 0 aliphatic heterocycles. The SMILES string of the molecule is CO/C=C(/C)c1ccccc1COc1ccc2oc3ccccc3c2c1.O=C=O. The average molecular weight is 388 g/mol. The second-order valence-electron chi connectivity index (χ2n) is 6.32. The summed E-state index contributed by atoms with van der Waals surface area (Å²) in [5.74, 6) is 0.826. The van der Waals surface area contributed by atoms with Gasteiger partial charge in [-0.1, -0.05) is 42.5 Å². The second-order valence-corrected chi connectivity index (χ2v) is 6.32. The van der Waals surface area contributed by atoms with E-state index < -0.39 is 0 Å². The number of carbonyl (C=O) groups excluding carboxylic acids is 2. The van der Waals surface area contributed by atoms with Crippen molar-refractivity contribution in [2.45, 2.75) is 13.5 Å². The molecule has 0 radical (unpaired) electrons. The fraction of sp³-hybridized carbons (Fsp3) is 0.125. The van der Waals surface area contributed by atoms with Crippen molar-refractivity contribution >= 4 is 33.7 Å². The Balaban J connectivity index is 0.000000755. The quantitative estimate of drug-likeness (QED) is 0.417. The summed E-state index contributed by atoms with van der Waals surface area (Å²) in [6.45, 7) is 2.53. The Morgan fingerprint density at radius 2 is 1.66 bits per heavy atom. The Morgan fingerprint density at radius 1 is 0.966 bits per heavy atom. The lowest BCUT2D eigenvalue weighted by atomic mass is 10.0. The number of hydrogen-bond donors (Lipinski definition) is 0. The van der Waals surface area contributed by atoms with Crippen LogP contribution in [0.4, 0.5) is 0 Å². The van der Waals surface area contributed by atoms with Gasteiger partial charge >= 0.3 is 6.15 Å². The first-order valence-electron chi connectivity index (χ1n) is 8.99. The largest absolute Gasteiger partial charge is 0.504 e. The summed E-state index contributed by atoms with van der Waals surface area (Å²) < 4.78 is 17.1. The van der Waals surface area contributed by atoms with E-state index in [1.54, 1.807) is 13.4 Å². The molecular formula is C24H20O5. The number of fused-ring (bicyclic) bond motifs is 3. The third kappa shape index (κ3) is 4.54. The van der Waals surface area contributed by atoms with Crippen LogP contribution in [0.5, 0.6) is 5.75 Å². The first-order chi connectivity index (χ1) is 14.2. The van der Waals surface area contributed by atoms with Gasteiger partial charge in [-0.2, -0.15) is 9.59 Å². The number of furan rings is 1. The van der Waals surface area contributed by atoms with Crippen LogP contribution in [0.3, 0.4) is 0 Å². The van der Waals surface area contributed by atoms with Gasteiger partial charge in [0.25, 0.3) is 0 Å². The predicted molar refractivity (Wildman–Crippen MR) is 110 cm³/mol. The van der Waals surface area contributed by atoms with Crippen LogP contribution in [0, 0.1) is 0 Å². The highest BCUT2D eigenvalue weighted by atomic mass is 16.5. The predicted octanol–water partition coefficient (Wildman–Crippen LogP) is 5.59. The number of benzene rings is 3. The molecule has 1 aromatic heterocycles. The molecule has 0 unspecified atom stereocenters. The monoisotopic (exact) mass is 388 g/mol. The number of allylic oxidation sites excluding steroid dienone is 1. The van der Waals surface area contributed by atoms with Crippen LogP contribution in [0.2, 0.25) is 0 Å². The van der Waals surface area contributed by atoms with Gasteiger partial charge in [-0.25, -0.2) is 0 Å². The van der Waals surface area contributed by atoms with Crippen LogP contribution in [-0.4, -0.2) is 13.3 Å². The Hall–Kier alpha value is -3.82. The van der Waals surface area contributed by atoms with Gasteiger partial charge in [0.2, 0.25) is 0 Å². The van der Waals surface area contributed by atoms with Crippen molar-refractivity contribution in [3.63, 3.8) is 0 Å². The molecule has 0 fully saturated rings. The molecule has 5 heteroatoms. The van der Waals surface area contributed by atoms with Gasteiger partial charge in [0.15, 0.2) is 0 Å². The number of hydrogen-bond acceptors (Lipinski definition) is 5. The summed E-state index contributed by atoms with van der Waals surface area (Å²) in [4.78, 5) is 16.2. The molecule has 0 atom stereocenters. The smallest absolute Gasteiger partial charge is 0.373 e. The van der Waals surface area contributed by atoms with E-state index in [1.807, 2.05) is 55.5 Å². The van der Waals surface area contributed by atoms with Gasteiger partial charge in [0.05, 0.1) is 13.4 Å². The van der Waals surface area contributed by atoms with Crippen molar-refractivity contribution in [3.8, 4) is 5.75 Å². The topological polar surface area (TPSA) is 65.7 Å². The summed E-state index contributed by atoms with van der Waals surface area (Å²) in [5.41, 5.74) is 5.09. The number of methoxy groups -OCH3 is 1.